The minimum atomic E-state index is 0.195. The molecule has 1 unspecified atom stereocenters. The van der Waals surface area contributed by atoms with Crippen LogP contribution in [0, 0.1) is 0 Å². The number of hydrogen-bond donors (Lipinski definition) is 1. The van der Waals surface area contributed by atoms with Gasteiger partial charge in [-0.25, -0.2) is 0 Å². The van der Waals surface area contributed by atoms with Crippen LogP contribution in [0.2, 0.25) is 0 Å². The monoisotopic (exact) mass is 282 g/mol. The number of rotatable bonds is 7. The molecule has 0 fully saturated rings. The van der Waals surface area contributed by atoms with Gasteiger partial charge in [-0.3, -0.25) is 0 Å². The first-order valence-electron chi connectivity index (χ1n) is 7.78. The summed E-state index contributed by atoms with van der Waals surface area (Å²) in [6.07, 6.45) is 3.15. The van der Waals surface area contributed by atoms with Crippen molar-refractivity contribution in [3.8, 4) is 0 Å². The zero-order valence-corrected chi connectivity index (χ0v) is 13.1. The topological polar surface area (TPSA) is 29.3 Å². The molecular formula is C19H26N2. The largest absolute Gasteiger partial charge is 0.373 e. The first kappa shape index (κ1) is 15.6. The van der Waals surface area contributed by atoms with Gasteiger partial charge in [-0.15, -0.1) is 0 Å². The third-order valence-corrected chi connectivity index (χ3v) is 3.94. The molecule has 0 spiro atoms. The molecule has 0 saturated carbocycles. The van der Waals surface area contributed by atoms with E-state index in [2.05, 4.69) is 73.5 Å². The molecule has 0 aliphatic heterocycles. The number of benzene rings is 2. The van der Waals surface area contributed by atoms with E-state index in [1.807, 2.05) is 0 Å². The Hall–Kier alpha value is -1.80. The molecule has 0 saturated heterocycles. The molecule has 1 atom stereocenters. The van der Waals surface area contributed by atoms with Crippen molar-refractivity contribution in [3.05, 3.63) is 65.7 Å². The summed E-state index contributed by atoms with van der Waals surface area (Å²) in [6, 6.07) is 19.5. The SMILES string of the molecule is CCc1ccc(N(C)CC(N)CCc2ccccc2)cc1. The number of anilines is 1. The fourth-order valence-electron chi connectivity index (χ4n) is 2.53. The van der Waals surface area contributed by atoms with E-state index in [1.165, 1.54) is 16.8 Å². The maximum Gasteiger partial charge on any atom is 0.0364 e. The van der Waals surface area contributed by atoms with E-state index in [1.54, 1.807) is 0 Å². The number of nitrogens with zero attached hydrogens (tertiary/aromatic N) is 1. The van der Waals surface area contributed by atoms with Crippen LogP contribution in [-0.4, -0.2) is 19.6 Å². The van der Waals surface area contributed by atoms with E-state index in [0.717, 1.165) is 25.8 Å². The lowest BCUT2D eigenvalue weighted by atomic mass is 10.1. The predicted octanol–water partition coefficient (Wildman–Crippen LogP) is 3.65. The number of hydrogen-bond acceptors (Lipinski definition) is 2. The molecule has 2 heteroatoms. The molecule has 2 aromatic carbocycles. The molecule has 0 radical (unpaired) electrons. The van der Waals surface area contributed by atoms with E-state index in [0.29, 0.717) is 0 Å². The Kier molecular flexibility index (Phi) is 5.82. The van der Waals surface area contributed by atoms with Gasteiger partial charge in [0.15, 0.2) is 0 Å². The van der Waals surface area contributed by atoms with Gasteiger partial charge in [0, 0.05) is 25.3 Å². The third kappa shape index (κ3) is 4.91. The van der Waals surface area contributed by atoms with E-state index < -0.39 is 0 Å². The Labute approximate surface area is 128 Å². The normalized spacial score (nSPS) is 12.1. The van der Waals surface area contributed by atoms with Crippen LogP contribution in [0.25, 0.3) is 0 Å². The lowest BCUT2D eigenvalue weighted by molar-refractivity contribution is 0.607. The highest BCUT2D eigenvalue weighted by Crippen LogP contribution is 2.15. The fraction of sp³-hybridized carbons (Fsp3) is 0.368. The van der Waals surface area contributed by atoms with Gasteiger partial charge >= 0.3 is 0 Å². The molecule has 0 heterocycles. The minimum absolute atomic E-state index is 0.195. The van der Waals surface area contributed by atoms with Crippen LogP contribution in [-0.2, 0) is 12.8 Å². The van der Waals surface area contributed by atoms with Crippen LogP contribution in [0.3, 0.4) is 0 Å². The van der Waals surface area contributed by atoms with E-state index >= 15 is 0 Å². The van der Waals surface area contributed by atoms with Gasteiger partial charge in [-0.1, -0.05) is 49.4 Å². The zero-order chi connectivity index (χ0) is 15.1. The second-order valence-corrected chi connectivity index (χ2v) is 5.68. The van der Waals surface area contributed by atoms with Gasteiger partial charge in [-0.2, -0.15) is 0 Å². The Bertz CT molecular complexity index is 519. The van der Waals surface area contributed by atoms with Gasteiger partial charge in [-0.05, 0) is 42.5 Å². The molecule has 2 nitrogen and oxygen atoms in total. The summed E-state index contributed by atoms with van der Waals surface area (Å²) in [5, 5.41) is 0. The van der Waals surface area contributed by atoms with Crippen molar-refractivity contribution in [3.63, 3.8) is 0 Å². The van der Waals surface area contributed by atoms with Crippen molar-refractivity contribution >= 4 is 5.69 Å². The number of likely N-dealkylation sites (N-methyl/N-ethyl adjacent to an activating group) is 1. The van der Waals surface area contributed by atoms with Crippen molar-refractivity contribution < 1.29 is 0 Å². The molecule has 0 aliphatic rings. The molecular weight excluding hydrogens is 256 g/mol. The highest BCUT2D eigenvalue weighted by atomic mass is 15.1. The highest BCUT2D eigenvalue weighted by Gasteiger charge is 2.08. The lowest BCUT2D eigenvalue weighted by Crippen LogP contribution is -2.35. The first-order valence-corrected chi connectivity index (χ1v) is 7.78. The number of nitrogens with two attached hydrogens (primary N) is 1. The van der Waals surface area contributed by atoms with Crippen molar-refractivity contribution in [1.82, 2.24) is 0 Å². The summed E-state index contributed by atoms with van der Waals surface area (Å²) in [4.78, 5) is 2.25. The van der Waals surface area contributed by atoms with Crippen LogP contribution in [0.15, 0.2) is 54.6 Å². The molecule has 2 rings (SSSR count). The molecule has 2 aromatic rings. The average Bonchev–Trinajstić information content (AvgIpc) is 2.54. The summed E-state index contributed by atoms with van der Waals surface area (Å²) in [5.74, 6) is 0. The standard InChI is InChI=1S/C19H26N2/c1-3-16-10-13-19(14-11-16)21(2)15-18(20)12-9-17-7-5-4-6-8-17/h4-8,10-11,13-14,18H,3,9,12,15,20H2,1-2H3. The molecule has 0 aromatic heterocycles. The minimum Gasteiger partial charge on any atom is -0.373 e. The highest BCUT2D eigenvalue weighted by molar-refractivity contribution is 5.47. The van der Waals surface area contributed by atoms with E-state index in [4.69, 9.17) is 5.73 Å². The molecule has 0 aliphatic carbocycles. The summed E-state index contributed by atoms with van der Waals surface area (Å²) >= 11 is 0. The molecule has 0 amide bonds. The Morgan fingerprint density at radius 2 is 1.62 bits per heavy atom. The lowest BCUT2D eigenvalue weighted by Gasteiger charge is -2.23. The summed E-state index contributed by atoms with van der Waals surface area (Å²) < 4.78 is 0. The summed E-state index contributed by atoms with van der Waals surface area (Å²) in [5.41, 5.74) is 10.3. The second kappa shape index (κ2) is 7.84. The summed E-state index contributed by atoms with van der Waals surface area (Å²) in [6.45, 7) is 3.07. The molecule has 112 valence electrons. The quantitative estimate of drug-likeness (QED) is 0.840. The van der Waals surface area contributed by atoms with Crippen LogP contribution in [0.5, 0.6) is 0 Å². The molecule has 21 heavy (non-hydrogen) atoms. The van der Waals surface area contributed by atoms with Crippen LogP contribution < -0.4 is 10.6 Å². The molecule has 0 bridgehead atoms. The van der Waals surface area contributed by atoms with Crippen molar-refractivity contribution in [1.29, 1.82) is 0 Å². The van der Waals surface area contributed by atoms with Crippen molar-refractivity contribution in [2.45, 2.75) is 32.2 Å². The summed E-state index contributed by atoms with van der Waals surface area (Å²) in [7, 11) is 2.11. The van der Waals surface area contributed by atoms with Crippen LogP contribution in [0.4, 0.5) is 5.69 Å². The van der Waals surface area contributed by atoms with Gasteiger partial charge in [0.2, 0.25) is 0 Å². The van der Waals surface area contributed by atoms with E-state index in [9.17, 15) is 0 Å². The smallest absolute Gasteiger partial charge is 0.0364 e. The number of aryl methyl sites for hydroxylation is 2. The van der Waals surface area contributed by atoms with E-state index in [-0.39, 0.29) is 6.04 Å². The maximum atomic E-state index is 6.27. The van der Waals surface area contributed by atoms with Crippen molar-refractivity contribution in [2.24, 2.45) is 5.73 Å². The van der Waals surface area contributed by atoms with Crippen LogP contribution in [0.1, 0.15) is 24.5 Å². The molecule has 2 N–H and O–H groups in total. The maximum absolute atomic E-state index is 6.27. The average molecular weight is 282 g/mol. The third-order valence-electron chi connectivity index (χ3n) is 3.94. The fourth-order valence-corrected chi connectivity index (χ4v) is 2.53. The Morgan fingerprint density at radius 1 is 0.952 bits per heavy atom. The first-order chi connectivity index (χ1) is 10.2. The second-order valence-electron chi connectivity index (χ2n) is 5.68. The Balaban J connectivity index is 1.82. The predicted molar refractivity (Wildman–Crippen MR) is 91.8 cm³/mol. The Morgan fingerprint density at radius 3 is 2.24 bits per heavy atom. The van der Waals surface area contributed by atoms with Crippen molar-refractivity contribution in [2.75, 3.05) is 18.5 Å². The van der Waals surface area contributed by atoms with Gasteiger partial charge in [0.25, 0.3) is 0 Å². The van der Waals surface area contributed by atoms with Gasteiger partial charge in [0.05, 0.1) is 0 Å². The van der Waals surface area contributed by atoms with Gasteiger partial charge in [0.1, 0.15) is 0 Å². The van der Waals surface area contributed by atoms with Crippen LogP contribution >= 0.6 is 0 Å². The van der Waals surface area contributed by atoms with Gasteiger partial charge < -0.3 is 10.6 Å². The zero-order valence-electron chi connectivity index (χ0n) is 13.1.